The fourth-order valence-electron chi connectivity index (χ4n) is 5.10. The molecular weight excluding hydrogens is 412 g/mol. The average Bonchev–Trinajstić information content (AvgIpc) is 2.88. The summed E-state index contributed by atoms with van der Waals surface area (Å²) < 4.78 is 0. The standard InChI is InChI=1S/C32H44N2/c1-3-5-7-8-10-12-28-17-21-31(22-18-28)32-23-19-30(20-24-32)26-34-33-25-29-15-13-27(14-16-29)11-9-6-4-2/h4,13-16,19-20,23-26,28,31H,2-3,5-12,17-18,21-22H2,1H3/b33-25+,34-26+. The summed E-state index contributed by atoms with van der Waals surface area (Å²) in [6.45, 7) is 6.08. The van der Waals surface area contributed by atoms with E-state index in [0.29, 0.717) is 0 Å². The van der Waals surface area contributed by atoms with Gasteiger partial charge in [-0.05, 0) is 79.0 Å². The van der Waals surface area contributed by atoms with Crippen LogP contribution in [0, 0.1) is 5.92 Å². The molecule has 2 nitrogen and oxygen atoms in total. The van der Waals surface area contributed by atoms with Crippen molar-refractivity contribution in [3.8, 4) is 0 Å². The first-order chi connectivity index (χ1) is 16.8. The van der Waals surface area contributed by atoms with Crippen molar-refractivity contribution in [2.75, 3.05) is 0 Å². The minimum Gasteiger partial charge on any atom is -0.159 e. The molecule has 0 radical (unpaired) electrons. The van der Waals surface area contributed by atoms with E-state index in [9.17, 15) is 0 Å². The van der Waals surface area contributed by atoms with Crippen molar-refractivity contribution < 1.29 is 0 Å². The summed E-state index contributed by atoms with van der Waals surface area (Å²) in [4.78, 5) is 0. The Morgan fingerprint density at radius 3 is 2.00 bits per heavy atom. The molecule has 0 bridgehead atoms. The smallest absolute Gasteiger partial charge is 0.0568 e. The van der Waals surface area contributed by atoms with E-state index in [-0.39, 0.29) is 0 Å². The van der Waals surface area contributed by atoms with Gasteiger partial charge in [0.1, 0.15) is 0 Å². The second-order valence-corrected chi connectivity index (χ2v) is 10.00. The SMILES string of the molecule is C=CCCCc1ccc(/C=N/N=C/c2ccc(C3CCC(CCCCCCC)CC3)cc2)cc1. The fraction of sp³-hybridized carbons (Fsp3) is 0.500. The first kappa shape index (κ1) is 26.1. The van der Waals surface area contributed by atoms with Crippen LogP contribution in [0.1, 0.15) is 112 Å². The monoisotopic (exact) mass is 456 g/mol. The van der Waals surface area contributed by atoms with Crippen molar-refractivity contribution in [2.45, 2.75) is 96.3 Å². The lowest BCUT2D eigenvalue weighted by Crippen LogP contribution is -2.13. The van der Waals surface area contributed by atoms with Gasteiger partial charge in [-0.15, -0.1) is 6.58 Å². The lowest BCUT2D eigenvalue weighted by molar-refractivity contribution is 0.302. The highest BCUT2D eigenvalue weighted by Gasteiger charge is 2.21. The van der Waals surface area contributed by atoms with E-state index >= 15 is 0 Å². The first-order valence-electron chi connectivity index (χ1n) is 13.6. The zero-order valence-electron chi connectivity index (χ0n) is 21.3. The zero-order valence-corrected chi connectivity index (χ0v) is 21.3. The van der Waals surface area contributed by atoms with E-state index in [0.717, 1.165) is 42.2 Å². The molecule has 0 spiro atoms. The third kappa shape index (κ3) is 9.41. The third-order valence-electron chi connectivity index (χ3n) is 7.30. The summed E-state index contributed by atoms with van der Waals surface area (Å²) in [6.07, 6.45) is 23.0. The number of hydrogen-bond acceptors (Lipinski definition) is 2. The van der Waals surface area contributed by atoms with Crippen LogP contribution in [0.15, 0.2) is 71.4 Å². The summed E-state index contributed by atoms with van der Waals surface area (Å²) in [5.41, 5.74) is 5.05. The van der Waals surface area contributed by atoms with E-state index < -0.39 is 0 Å². The van der Waals surface area contributed by atoms with Crippen molar-refractivity contribution in [3.63, 3.8) is 0 Å². The van der Waals surface area contributed by atoms with Gasteiger partial charge < -0.3 is 0 Å². The molecule has 2 aromatic rings. The van der Waals surface area contributed by atoms with Gasteiger partial charge in [0.05, 0.1) is 12.4 Å². The van der Waals surface area contributed by atoms with Gasteiger partial charge in [-0.3, -0.25) is 0 Å². The van der Waals surface area contributed by atoms with Gasteiger partial charge in [-0.25, -0.2) is 0 Å². The number of hydrogen-bond donors (Lipinski definition) is 0. The maximum atomic E-state index is 4.25. The van der Waals surface area contributed by atoms with Gasteiger partial charge in [0.2, 0.25) is 0 Å². The molecule has 0 saturated heterocycles. The van der Waals surface area contributed by atoms with Crippen LogP contribution in [-0.4, -0.2) is 12.4 Å². The van der Waals surface area contributed by atoms with Crippen LogP contribution in [0.2, 0.25) is 0 Å². The fourth-order valence-corrected chi connectivity index (χ4v) is 5.10. The van der Waals surface area contributed by atoms with Gasteiger partial charge in [0.15, 0.2) is 0 Å². The molecule has 0 aliphatic heterocycles. The Bertz CT molecular complexity index is 868. The predicted octanol–water partition coefficient (Wildman–Crippen LogP) is 9.28. The summed E-state index contributed by atoms with van der Waals surface area (Å²) >= 11 is 0. The maximum Gasteiger partial charge on any atom is 0.0568 e. The Kier molecular flexibility index (Phi) is 11.9. The van der Waals surface area contributed by atoms with E-state index in [1.807, 2.05) is 18.5 Å². The van der Waals surface area contributed by atoms with Crippen molar-refractivity contribution in [2.24, 2.45) is 16.1 Å². The Morgan fingerprint density at radius 1 is 0.765 bits per heavy atom. The highest BCUT2D eigenvalue weighted by Crippen LogP contribution is 2.37. The van der Waals surface area contributed by atoms with Crippen LogP contribution in [0.25, 0.3) is 0 Å². The topological polar surface area (TPSA) is 24.7 Å². The molecule has 1 saturated carbocycles. The molecule has 0 N–H and O–H groups in total. The molecule has 1 aliphatic carbocycles. The highest BCUT2D eigenvalue weighted by molar-refractivity contribution is 5.82. The number of aryl methyl sites for hydroxylation is 1. The van der Waals surface area contributed by atoms with Crippen LogP contribution in [0.3, 0.4) is 0 Å². The van der Waals surface area contributed by atoms with Crippen molar-refractivity contribution >= 4 is 12.4 Å². The molecule has 0 unspecified atom stereocenters. The van der Waals surface area contributed by atoms with Crippen LogP contribution in [-0.2, 0) is 6.42 Å². The first-order valence-corrected chi connectivity index (χ1v) is 13.6. The largest absolute Gasteiger partial charge is 0.159 e. The van der Waals surface area contributed by atoms with Crippen LogP contribution >= 0.6 is 0 Å². The molecule has 0 amide bonds. The Hall–Kier alpha value is -2.48. The van der Waals surface area contributed by atoms with Crippen LogP contribution in [0.4, 0.5) is 0 Å². The summed E-state index contributed by atoms with van der Waals surface area (Å²) in [7, 11) is 0. The number of rotatable bonds is 14. The van der Waals surface area contributed by atoms with Gasteiger partial charge in [0.25, 0.3) is 0 Å². The van der Waals surface area contributed by atoms with Crippen molar-refractivity contribution in [1.29, 1.82) is 0 Å². The number of benzene rings is 2. The van der Waals surface area contributed by atoms with Crippen molar-refractivity contribution in [3.05, 3.63) is 83.4 Å². The number of unbranched alkanes of at least 4 members (excludes halogenated alkanes) is 5. The molecule has 0 atom stereocenters. The lowest BCUT2D eigenvalue weighted by atomic mass is 9.77. The second kappa shape index (κ2) is 15.4. The van der Waals surface area contributed by atoms with E-state index in [1.54, 1.807) is 0 Å². The summed E-state index contributed by atoms with van der Waals surface area (Å²) in [6, 6.07) is 17.5. The third-order valence-corrected chi connectivity index (χ3v) is 7.30. The van der Waals surface area contributed by atoms with E-state index in [4.69, 9.17) is 0 Å². The number of nitrogens with zero attached hydrogens (tertiary/aromatic N) is 2. The Labute approximate surface area is 208 Å². The predicted molar refractivity (Wildman–Crippen MR) is 149 cm³/mol. The van der Waals surface area contributed by atoms with Crippen molar-refractivity contribution in [1.82, 2.24) is 0 Å². The van der Waals surface area contributed by atoms with E-state index in [2.05, 4.69) is 72.2 Å². The van der Waals surface area contributed by atoms with Crippen LogP contribution < -0.4 is 0 Å². The van der Waals surface area contributed by atoms with Gasteiger partial charge >= 0.3 is 0 Å². The molecule has 1 aliphatic rings. The summed E-state index contributed by atoms with van der Waals surface area (Å²) in [5, 5.41) is 8.49. The Morgan fingerprint density at radius 2 is 1.38 bits per heavy atom. The lowest BCUT2D eigenvalue weighted by Gasteiger charge is -2.29. The summed E-state index contributed by atoms with van der Waals surface area (Å²) in [5.74, 6) is 1.70. The molecule has 0 heterocycles. The van der Waals surface area contributed by atoms with E-state index in [1.165, 1.54) is 75.3 Å². The Balaban J connectivity index is 1.38. The zero-order chi connectivity index (χ0) is 23.8. The molecule has 0 aromatic heterocycles. The molecule has 34 heavy (non-hydrogen) atoms. The quantitative estimate of drug-likeness (QED) is 0.117. The molecule has 1 fully saturated rings. The van der Waals surface area contributed by atoms with Gasteiger partial charge in [-0.2, -0.15) is 10.2 Å². The number of allylic oxidation sites excluding steroid dienone is 1. The molecule has 182 valence electrons. The minimum absolute atomic E-state index is 0.736. The molecule has 2 aromatic carbocycles. The average molecular weight is 457 g/mol. The normalized spacial score (nSPS) is 18.6. The van der Waals surface area contributed by atoms with Gasteiger partial charge in [-0.1, -0.05) is 100 Å². The minimum atomic E-state index is 0.736. The highest BCUT2D eigenvalue weighted by atomic mass is 15.2. The maximum absolute atomic E-state index is 4.25. The molecule has 2 heteroatoms. The van der Waals surface area contributed by atoms with Crippen LogP contribution in [0.5, 0.6) is 0 Å². The van der Waals surface area contributed by atoms with Gasteiger partial charge in [0, 0.05) is 0 Å². The molecule has 3 rings (SSSR count). The second-order valence-electron chi connectivity index (χ2n) is 10.00. The molecular formula is C32H44N2.